The third kappa shape index (κ3) is 6.59. The summed E-state index contributed by atoms with van der Waals surface area (Å²) in [5, 5.41) is 7.12. The molecule has 1 saturated heterocycles. The maximum atomic E-state index is 10.6. The predicted molar refractivity (Wildman–Crippen MR) is 92.6 cm³/mol. The Hall–Kier alpha value is -1.64. The minimum absolute atomic E-state index is 0.451. The lowest BCUT2D eigenvalue weighted by Gasteiger charge is -2.38. The monoisotopic (exact) mass is 373 g/mol. The average Bonchev–Trinajstić information content (AvgIpc) is 3.03. The van der Waals surface area contributed by atoms with Crippen LogP contribution < -0.4 is 5.73 Å². The zero-order chi connectivity index (χ0) is 19.2. The van der Waals surface area contributed by atoms with Crippen molar-refractivity contribution in [3.05, 3.63) is 35.9 Å². The van der Waals surface area contributed by atoms with Gasteiger partial charge in [-0.05, 0) is 24.8 Å². The van der Waals surface area contributed by atoms with E-state index in [1.54, 1.807) is 0 Å². The smallest absolute Gasteiger partial charge is 0.475 e. The number of alkyl halides is 3. The molecule has 0 spiro atoms. The lowest BCUT2D eigenvalue weighted by Crippen LogP contribution is -2.49. The molecule has 2 aliphatic rings. The molecule has 0 radical (unpaired) electrons. The highest BCUT2D eigenvalue weighted by Crippen LogP contribution is 2.24. The number of carbonyl (C=O) groups is 1. The van der Waals surface area contributed by atoms with Crippen molar-refractivity contribution < 1.29 is 23.1 Å². The zero-order valence-electron chi connectivity index (χ0n) is 14.7. The van der Waals surface area contributed by atoms with E-state index in [0.717, 1.165) is 12.6 Å². The molecular formula is C18H26F3N3O2. The van der Waals surface area contributed by atoms with E-state index in [4.69, 9.17) is 15.6 Å². The van der Waals surface area contributed by atoms with Crippen molar-refractivity contribution in [2.45, 2.75) is 44.1 Å². The van der Waals surface area contributed by atoms with E-state index in [1.165, 1.54) is 51.0 Å². The summed E-state index contributed by atoms with van der Waals surface area (Å²) < 4.78 is 31.7. The molecular weight excluding hydrogens is 347 g/mol. The summed E-state index contributed by atoms with van der Waals surface area (Å²) in [6.45, 7) is 5.91. The molecule has 0 unspecified atom stereocenters. The molecule has 1 aliphatic carbocycles. The molecule has 2 atom stereocenters. The van der Waals surface area contributed by atoms with Crippen LogP contribution in [0.1, 0.15) is 24.8 Å². The Kier molecular flexibility index (Phi) is 7.43. The van der Waals surface area contributed by atoms with Crippen LogP contribution in [0.2, 0.25) is 0 Å². The first kappa shape index (κ1) is 20.7. The highest BCUT2D eigenvalue weighted by Gasteiger charge is 2.38. The van der Waals surface area contributed by atoms with Crippen LogP contribution in [-0.4, -0.2) is 65.3 Å². The van der Waals surface area contributed by atoms with Crippen LogP contribution in [0.3, 0.4) is 0 Å². The van der Waals surface area contributed by atoms with Gasteiger partial charge in [-0.3, -0.25) is 9.80 Å². The highest BCUT2D eigenvalue weighted by molar-refractivity contribution is 5.73. The predicted octanol–water partition coefficient (Wildman–Crippen LogP) is 2.32. The number of nitrogens with two attached hydrogens (primary N) is 1. The van der Waals surface area contributed by atoms with Crippen molar-refractivity contribution in [1.82, 2.24) is 9.80 Å². The number of aliphatic carboxylic acids is 1. The third-order valence-corrected chi connectivity index (χ3v) is 4.86. The Balaban J connectivity index is 0.000000298. The Morgan fingerprint density at radius 3 is 2.15 bits per heavy atom. The minimum atomic E-state index is -5.08. The molecule has 8 heteroatoms. The van der Waals surface area contributed by atoms with Crippen molar-refractivity contribution in [3.8, 4) is 0 Å². The fourth-order valence-electron chi connectivity index (χ4n) is 3.45. The number of nitrogens with zero attached hydrogens (tertiary/aromatic N) is 2. The van der Waals surface area contributed by atoms with Crippen molar-refractivity contribution in [1.29, 1.82) is 0 Å². The second-order valence-corrected chi connectivity index (χ2v) is 6.83. The van der Waals surface area contributed by atoms with Crippen LogP contribution in [0.15, 0.2) is 30.3 Å². The molecule has 1 heterocycles. The first-order valence-corrected chi connectivity index (χ1v) is 8.81. The van der Waals surface area contributed by atoms with Crippen LogP contribution in [0.5, 0.6) is 0 Å². The summed E-state index contributed by atoms with van der Waals surface area (Å²) in [6, 6.07) is 12.0. The van der Waals surface area contributed by atoms with Gasteiger partial charge in [0.2, 0.25) is 0 Å². The van der Waals surface area contributed by atoms with Gasteiger partial charge in [0.25, 0.3) is 0 Å². The largest absolute Gasteiger partial charge is 0.490 e. The lowest BCUT2D eigenvalue weighted by atomic mass is 10.1. The minimum Gasteiger partial charge on any atom is -0.475 e. The molecule has 0 aromatic heterocycles. The van der Waals surface area contributed by atoms with Gasteiger partial charge >= 0.3 is 12.1 Å². The molecule has 0 amide bonds. The summed E-state index contributed by atoms with van der Waals surface area (Å²) in [6.07, 6.45) is -1.35. The van der Waals surface area contributed by atoms with E-state index in [0.29, 0.717) is 6.04 Å². The van der Waals surface area contributed by atoms with Gasteiger partial charge < -0.3 is 10.8 Å². The summed E-state index contributed by atoms with van der Waals surface area (Å²) in [5.74, 6) is -2.76. The Labute approximate surface area is 151 Å². The highest BCUT2D eigenvalue weighted by atomic mass is 19.4. The van der Waals surface area contributed by atoms with Crippen LogP contribution in [0.4, 0.5) is 13.2 Å². The molecule has 1 saturated carbocycles. The van der Waals surface area contributed by atoms with E-state index in [2.05, 4.69) is 40.1 Å². The van der Waals surface area contributed by atoms with Gasteiger partial charge in [0.15, 0.2) is 0 Å². The number of piperazine rings is 1. The maximum absolute atomic E-state index is 10.6. The van der Waals surface area contributed by atoms with E-state index in [-0.39, 0.29) is 0 Å². The lowest BCUT2D eigenvalue weighted by molar-refractivity contribution is -0.192. The van der Waals surface area contributed by atoms with E-state index < -0.39 is 12.1 Å². The van der Waals surface area contributed by atoms with Crippen LogP contribution in [0, 0.1) is 0 Å². The average molecular weight is 373 g/mol. The molecule has 0 bridgehead atoms. The molecule has 3 N–H and O–H groups in total. The molecule has 146 valence electrons. The molecule has 1 aromatic rings. The van der Waals surface area contributed by atoms with Gasteiger partial charge in [-0.25, -0.2) is 4.79 Å². The molecule has 2 fully saturated rings. The summed E-state index contributed by atoms with van der Waals surface area (Å²) in [5.41, 5.74) is 7.45. The summed E-state index contributed by atoms with van der Waals surface area (Å²) >= 11 is 0. The van der Waals surface area contributed by atoms with E-state index in [9.17, 15) is 13.2 Å². The Morgan fingerprint density at radius 2 is 1.69 bits per heavy atom. The summed E-state index contributed by atoms with van der Waals surface area (Å²) in [4.78, 5) is 14.1. The number of carboxylic acid groups (broad SMARTS) is 1. The fourth-order valence-corrected chi connectivity index (χ4v) is 3.45. The quantitative estimate of drug-likeness (QED) is 0.851. The Morgan fingerprint density at radius 1 is 1.12 bits per heavy atom. The van der Waals surface area contributed by atoms with E-state index in [1.807, 2.05) is 0 Å². The topological polar surface area (TPSA) is 69.8 Å². The van der Waals surface area contributed by atoms with Crippen molar-refractivity contribution in [2.24, 2.45) is 5.73 Å². The molecule has 26 heavy (non-hydrogen) atoms. The second kappa shape index (κ2) is 9.34. The van der Waals surface area contributed by atoms with Gasteiger partial charge in [0, 0.05) is 44.8 Å². The number of benzene rings is 1. The maximum Gasteiger partial charge on any atom is 0.490 e. The van der Waals surface area contributed by atoms with Gasteiger partial charge in [0.1, 0.15) is 0 Å². The van der Waals surface area contributed by atoms with Crippen molar-refractivity contribution >= 4 is 5.97 Å². The Bertz CT molecular complexity index is 561. The molecule has 1 aromatic carbocycles. The number of hydrogen-bond acceptors (Lipinski definition) is 4. The molecule has 1 aliphatic heterocycles. The van der Waals surface area contributed by atoms with Crippen molar-refractivity contribution in [3.63, 3.8) is 0 Å². The molecule has 5 nitrogen and oxygen atoms in total. The first-order chi connectivity index (χ1) is 12.3. The third-order valence-electron chi connectivity index (χ3n) is 4.86. The van der Waals surface area contributed by atoms with Crippen LogP contribution in [0.25, 0.3) is 0 Å². The van der Waals surface area contributed by atoms with Gasteiger partial charge in [-0.1, -0.05) is 30.3 Å². The van der Waals surface area contributed by atoms with E-state index >= 15 is 0 Å². The number of rotatable bonds is 3. The zero-order valence-corrected chi connectivity index (χ0v) is 14.7. The summed E-state index contributed by atoms with van der Waals surface area (Å²) in [7, 11) is 0. The first-order valence-electron chi connectivity index (χ1n) is 8.81. The molecule has 3 rings (SSSR count). The number of hydrogen-bond donors (Lipinski definition) is 2. The van der Waals surface area contributed by atoms with Gasteiger partial charge in [0.05, 0.1) is 0 Å². The van der Waals surface area contributed by atoms with Crippen LogP contribution >= 0.6 is 0 Å². The second-order valence-electron chi connectivity index (χ2n) is 6.83. The van der Waals surface area contributed by atoms with Crippen LogP contribution in [-0.2, 0) is 11.3 Å². The normalized spacial score (nSPS) is 24.8. The SMILES string of the molecule is N[C@@H]1CC[C@H](N2CCN(Cc3ccccc3)CC2)C1.O=C(O)C(F)(F)F. The fraction of sp³-hybridized carbons (Fsp3) is 0.611. The van der Waals surface area contributed by atoms with Crippen molar-refractivity contribution in [2.75, 3.05) is 26.2 Å². The van der Waals surface area contributed by atoms with Gasteiger partial charge in [-0.2, -0.15) is 13.2 Å². The number of halogens is 3. The standard InChI is InChI=1S/C16H25N3.C2HF3O2/c17-15-6-7-16(12-15)19-10-8-18(9-11-19)13-14-4-2-1-3-5-14;3-2(4,5)1(6)7/h1-5,15-16H,6-13,17H2;(H,6,7)/t15-,16+;/m1./s1. The van der Waals surface area contributed by atoms with Gasteiger partial charge in [-0.15, -0.1) is 0 Å². The number of carboxylic acids is 1.